The van der Waals surface area contributed by atoms with E-state index in [1.165, 1.54) is 16.0 Å². The average Bonchev–Trinajstić information content (AvgIpc) is 2.21. The zero-order valence-electron chi connectivity index (χ0n) is 5.22. The quantitative estimate of drug-likeness (QED) is 0.620. The van der Waals surface area contributed by atoms with E-state index in [1.807, 2.05) is 13.0 Å². The van der Waals surface area contributed by atoms with Crippen LogP contribution in [0, 0.1) is 6.92 Å². The predicted octanol–water partition coefficient (Wildman–Crippen LogP) is 3.32. The molecule has 2 rings (SSSR count). The molecule has 0 aromatic carbocycles. The molecule has 2 heterocycles. The van der Waals surface area contributed by atoms with Crippen molar-refractivity contribution in [1.29, 1.82) is 0 Å². The minimum Gasteiger partial charge on any atom is -0.231 e. The van der Waals surface area contributed by atoms with Crippen LogP contribution in [0.1, 0.15) is 5.01 Å². The molecule has 0 bridgehead atoms. The third kappa shape index (κ3) is 0.944. The molecule has 4 heteroatoms. The van der Waals surface area contributed by atoms with Gasteiger partial charge >= 0.3 is 0 Å². The lowest BCUT2D eigenvalue weighted by molar-refractivity contribution is 1.36. The number of aromatic nitrogens is 1. The Bertz CT molecular complexity index is 300. The lowest BCUT2D eigenvalue weighted by Crippen LogP contribution is -1.59. The van der Waals surface area contributed by atoms with Gasteiger partial charge in [0, 0.05) is 0 Å². The maximum absolute atomic E-state index is 5.76. The van der Waals surface area contributed by atoms with Crippen molar-refractivity contribution in [3.05, 3.63) is 15.4 Å². The number of thiophene rings is 1. The molecular weight excluding hydrogens is 186 g/mol. The van der Waals surface area contributed by atoms with Crippen molar-refractivity contribution >= 4 is 43.8 Å². The second-order valence-electron chi connectivity index (χ2n) is 1.95. The Morgan fingerprint density at radius 3 is 3.00 bits per heavy atom. The molecule has 2 aromatic heterocycles. The van der Waals surface area contributed by atoms with Gasteiger partial charge in [-0.15, -0.1) is 22.7 Å². The summed E-state index contributed by atoms with van der Waals surface area (Å²) in [6.45, 7) is 2.01. The molecule has 0 saturated heterocycles. The van der Waals surface area contributed by atoms with Crippen molar-refractivity contribution in [2.45, 2.75) is 6.92 Å². The minimum atomic E-state index is 0.828. The summed E-state index contributed by atoms with van der Waals surface area (Å²) in [6.07, 6.45) is 0. The number of nitrogens with zero attached hydrogens (tertiary/aromatic N) is 1. The lowest BCUT2D eigenvalue weighted by atomic mass is 10.6. The monoisotopic (exact) mass is 189 g/mol. The Morgan fingerprint density at radius 2 is 2.30 bits per heavy atom. The van der Waals surface area contributed by atoms with Crippen molar-refractivity contribution in [3.63, 3.8) is 0 Å². The highest BCUT2D eigenvalue weighted by molar-refractivity contribution is 7.28. The number of hydrogen-bond acceptors (Lipinski definition) is 3. The van der Waals surface area contributed by atoms with Gasteiger partial charge in [0.1, 0.15) is 4.83 Å². The standard InChI is InChI=1S/C6H4ClNS2/c1-3-8-6-4(9-3)2-5(7)10-6/h2H,1H3. The van der Waals surface area contributed by atoms with Gasteiger partial charge in [0.05, 0.1) is 14.0 Å². The Labute approximate surface area is 71.3 Å². The van der Waals surface area contributed by atoms with Crippen LogP contribution in [0.4, 0.5) is 0 Å². The zero-order chi connectivity index (χ0) is 7.14. The molecule has 0 aliphatic carbocycles. The summed E-state index contributed by atoms with van der Waals surface area (Å²) in [5.41, 5.74) is 0. The Kier molecular flexibility index (Phi) is 1.44. The fraction of sp³-hybridized carbons (Fsp3) is 0.167. The van der Waals surface area contributed by atoms with Gasteiger partial charge in [-0.1, -0.05) is 11.6 Å². The molecule has 0 aliphatic rings. The van der Waals surface area contributed by atoms with Crippen LogP contribution >= 0.6 is 34.3 Å². The molecule has 0 saturated carbocycles. The van der Waals surface area contributed by atoms with E-state index < -0.39 is 0 Å². The Balaban J connectivity index is 2.83. The number of thiazole rings is 1. The molecule has 0 amide bonds. The van der Waals surface area contributed by atoms with Crippen LogP contribution in [0.15, 0.2) is 6.07 Å². The molecule has 0 N–H and O–H groups in total. The number of fused-ring (bicyclic) bond motifs is 1. The van der Waals surface area contributed by atoms with E-state index in [0.29, 0.717) is 0 Å². The van der Waals surface area contributed by atoms with Crippen LogP contribution in [0.3, 0.4) is 0 Å². The highest BCUT2D eigenvalue weighted by atomic mass is 35.5. The van der Waals surface area contributed by atoms with E-state index in [9.17, 15) is 0 Å². The van der Waals surface area contributed by atoms with Crippen molar-refractivity contribution in [2.75, 3.05) is 0 Å². The summed E-state index contributed by atoms with van der Waals surface area (Å²) in [6, 6.07) is 1.96. The first-order valence-electron chi connectivity index (χ1n) is 2.78. The largest absolute Gasteiger partial charge is 0.231 e. The first-order chi connectivity index (χ1) is 4.75. The molecule has 0 fully saturated rings. The first kappa shape index (κ1) is 6.58. The summed E-state index contributed by atoms with van der Waals surface area (Å²) in [4.78, 5) is 5.35. The molecule has 0 atom stereocenters. The van der Waals surface area contributed by atoms with Gasteiger partial charge in [0.25, 0.3) is 0 Å². The topological polar surface area (TPSA) is 12.9 Å². The van der Waals surface area contributed by atoms with Gasteiger partial charge in [0.15, 0.2) is 0 Å². The van der Waals surface area contributed by atoms with Gasteiger partial charge in [-0.3, -0.25) is 0 Å². The summed E-state index contributed by atoms with van der Waals surface area (Å²) < 4.78 is 2.03. The smallest absolute Gasteiger partial charge is 0.136 e. The van der Waals surface area contributed by atoms with Crippen LogP contribution in [0.25, 0.3) is 9.53 Å². The highest BCUT2D eigenvalue weighted by Gasteiger charge is 2.03. The van der Waals surface area contributed by atoms with E-state index in [-0.39, 0.29) is 0 Å². The summed E-state index contributed by atoms with van der Waals surface area (Å²) in [5, 5.41) is 1.11. The summed E-state index contributed by atoms with van der Waals surface area (Å²) >= 11 is 8.99. The van der Waals surface area contributed by atoms with Gasteiger partial charge in [-0.25, -0.2) is 4.98 Å². The fourth-order valence-corrected chi connectivity index (χ4v) is 3.06. The van der Waals surface area contributed by atoms with Gasteiger partial charge in [-0.05, 0) is 13.0 Å². The third-order valence-corrected chi connectivity index (χ3v) is 3.37. The van der Waals surface area contributed by atoms with Gasteiger partial charge in [-0.2, -0.15) is 0 Å². The molecule has 0 radical (unpaired) electrons. The van der Waals surface area contributed by atoms with Crippen molar-refractivity contribution in [1.82, 2.24) is 4.98 Å². The fourth-order valence-electron chi connectivity index (χ4n) is 0.813. The Morgan fingerprint density at radius 1 is 1.50 bits per heavy atom. The van der Waals surface area contributed by atoms with Crippen LogP contribution < -0.4 is 0 Å². The second kappa shape index (κ2) is 2.19. The minimum absolute atomic E-state index is 0.828. The maximum Gasteiger partial charge on any atom is 0.136 e. The van der Waals surface area contributed by atoms with Crippen LogP contribution in [0.5, 0.6) is 0 Å². The van der Waals surface area contributed by atoms with E-state index in [4.69, 9.17) is 11.6 Å². The summed E-state index contributed by atoms with van der Waals surface area (Å²) in [7, 11) is 0. The highest BCUT2D eigenvalue weighted by Crippen LogP contribution is 2.32. The Hall–Kier alpha value is -0.120. The van der Waals surface area contributed by atoms with E-state index in [2.05, 4.69) is 4.98 Å². The number of aryl methyl sites for hydroxylation is 1. The molecule has 0 spiro atoms. The zero-order valence-corrected chi connectivity index (χ0v) is 7.61. The molecule has 52 valence electrons. The van der Waals surface area contributed by atoms with E-state index in [1.54, 1.807) is 11.3 Å². The molecule has 0 unspecified atom stereocenters. The lowest BCUT2D eigenvalue weighted by Gasteiger charge is -1.72. The van der Waals surface area contributed by atoms with E-state index >= 15 is 0 Å². The van der Waals surface area contributed by atoms with Crippen LogP contribution in [-0.2, 0) is 0 Å². The predicted molar refractivity (Wildman–Crippen MR) is 47.2 cm³/mol. The van der Waals surface area contributed by atoms with Gasteiger partial charge < -0.3 is 0 Å². The molecule has 1 nitrogen and oxygen atoms in total. The van der Waals surface area contributed by atoms with Gasteiger partial charge in [0.2, 0.25) is 0 Å². The molecule has 10 heavy (non-hydrogen) atoms. The van der Waals surface area contributed by atoms with Crippen LogP contribution in [-0.4, -0.2) is 4.98 Å². The molecular formula is C6H4ClNS2. The number of rotatable bonds is 0. The molecule has 2 aromatic rings. The SMILES string of the molecule is Cc1nc2sc(Cl)cc2s1. The summed E-state index contributed by atoms with van der Waals surface area (Å²) in [5.74, 6) is 0. The van der Waals surface area contributed by atoms with Crippen molar-refractivity contribution in [2.24, 2.45) is 0 Å². The number of hydrogen-bond donors (Lipinski definition) is 0. The van der Waals surface area contributed by atoms with Crippen LogP contribution in [0.2, 0.25) is 4.34 Å². The first-order valence-corrected chi connectivity index (χ1v) is 4.79. The normalized spacial score (nSPS) is 11.0. The maximum atomic E-state index is 5.76. The van der Waals surface area contributed by atoms with E-state index in [0.717, 1.165) is 14.2 Å². The second-order valence-corrected chi connectivity index (χ2v) is 4.85. The average molecular weight is 190 g/mol. The van der Waals surface area contributed by atoms with Crippen molar-refractivity contribution in [3.8, 4) is 0 Å². The van der Waals surface area contributed by atoms with Crippen molar-refractivity contribution < 1.29 is 0 Å². The third-order valence-electron chi connectivity index (χ3n) is 1.17. The number of halogens is 1. The molecule has 0 aliphatic heterocycles.